The van der Waals surface area contributed by atoms with Gasteiger partial charge in [0, 0.05) is 6.04 Å². The molecule has 0 fully saturated rings. The molecule has 0 aromatic heterocycles. The highest BCUT2D eigenvalue weighted by atomic mass is 35.5. The molecule has 0 radical (unpaired) electrons. The molecular formula is C13H18ClF2NO2. The van der Waals surface area contributed by atoms with Crippen LogP contribution in [0.3, 0.4) is 0 Å². The molecular weight excluding hydrogens is 276 g/mol. The molecule has 1 aromatic carbocycles. The minimum absolute atomic E-state index is 0. The zero-order valence-corrected chi connectivity index (χ0v) is 11.7. The van der Waals surface area contributed by atoms with Crippen molar-refractivity contribution in [3.05, 3.63) is 23.8 Å². The summed E-state index contributed by atoms with van der Waals surface area (Å²) in [6, 6.07) is 4.53. The second-order valence-electron chi connectivity index (χ2n) is 4.95. The van der Waals surface area contributed by atoms with Crippen LogP contribution in [-0.4, -0.2) is 6.29 Å². The Balaban J connectivity index is 0.00000180. The first-order valence-corrected chi connectivity index (χ1v) is 6.03. The van der Waals surface area contributed by atoms with E-state index in [1.165, 1.54) is 12.1 Å². The van der Waals surface area contributed by atoms with Crippen LogP contribution in [0.4, 0.5) is 8.78 Å². The number of hydrogen-bond donors (Lipinski definition) is 1. The van der Waals surface area contributed by atoms with Gasteiger partial charge in [-0.2, -0.15) is 0 Å². The maximum absolute atomic E-state index is 12.8. The largest absolute Gasteiger partial charge is 0.586 e. The molecule has 0 saturated heterocycles. The Bertz CT molecular complexity index is 441. The normalized spacial score (nSPS) is 17.2. The van der Waals surface area contributed by atoms with Crippen LogP contribution < -0.4 is 15.2 Å². The van der Waals surface area contributed by atoms with Gasteiger partial charge in [-0.25, -0.2) is 0 Å². The van der Waals surface area contributed by atoms with E-state index in [1.54, 1.807) is 6.07 Å². The lowest BCUT2D eigenvalue weighted by Crippen LogP contribution is -2.25. The molecule has 0 saturated carbocycles. The van der Waals surface area contributed by atoms with Crippen LogP contribution in [0.2, 0.25) is 0 Å². The Kier molecular flexibility index (Phi) is 4.98. The third kappa shape index (κ3) is 3.94. The number of fused-ring (bicyclic) bond motifs is 1. The number of ether oxygens (including phenoxy) is 2. The minimum atomic E-state index is -3.57. The molecule has 6 heteroatoms. The molecule has 0 spiro atoms. The quantitative estimate of drug-likeness (QED) is 0.916. The summed E-state index contributed by atoms with van der Waals surface area (Å²) in [4.78, 5) is 0. The summed E-state index contributed by atoms with van der Waals surface area (Å²) in [6.07, 6.45) is -1.76. The zero-order chi connectivity index (χ0) is 13.3. The van der Waals surface area contributed by atoms with E-state index in [4.69, 9.17) is 5.73 Å². The number of rotatable bonds is 4. The van der Waals surface area contributed by atoms with Crippen molar-refractivity contribution in [3.8, 4) is 11.5 Å². The average molecular weight is 294 g/mol. The lowest BCUT2D eigenvalue weighted by Gasteiger charge is -2.13. The smallest absolute Gasteiger partial charge is 0.395 e. The van der Waals surface area contributed by atoms with E-state index in [1.807, 2.05) is 0 Å². The Labute approximate surface area is 117 Å². The summed E-state index contributed by atoms with van der Waals surface area (Å²) in [6.45, 7) is 4.24. The molecule has 1 aliphatic heterocycles. The van der Waals surface area contributed by atoms with Crippen LogP contribution in [-0.2, 0) is 0 Å². The third-order valence-electron chi connectivity index (χ3n) is 2.91. The highest BCUT2D eigenvalue weighted by Crippen LogP contribution is 2.42. The van der Waals surface area contributed by atoms with Crippen molar-refractivity contribution in [2.75, 3.05) is 0 Å². The van der Waals surface area contributed by atoms with E-state index in [0.717, 1.165) is 18.4 Å². The molecule has 0 amide bonds. The number of halogens is 3. The van der Waals surface area contributed by atoms with Crippen molar-refractivity contribution in [1.29, 1.82) is 0 Å². The molecule has 108 valence electrons. The number of benzene rings is 1. The first-order chi connectivity index (χ1) is 8.37. The lowest BCUT2D eigenvalue weighted by atomic mass is 9.98. The highest BCUT2D eigenvalue weighted by Gasteiger charge is 2.43. The van der Waals surface area contributed by atoms with Crippen molar-refractivity contribution < 1.29 is 18.3 Å². The monoisotopic (exact) mass is 293 g/mol. The van der Waals surface area contributed by atoms with Gasteiger partial charge in [0.25, 0.3) is 0 Å². The molecule has 2 rings (SSSR count). The van der Waals surface area contributed by atoms with Crippen LogP contribution in [0.5, 0.6) is 11.5 Å². The maximum atomic E-state index is 12.8. The van der Waals surface area contributed by atoms with Gasteiger partial charge in [-0.3, -0.25) is 0 Å². The van der Waals surface area contributed by atoms with Crippen LogP contribution >= 0.6 is 12.4 Å². The lowest BCUT2D eigenvalue weighted by molar-refractivity contribution is -0.286. The van der Waals surface area contributed by atoms with Crippen LogP contribution in [0.15, 0.2) is 18.2 Å². The fourth-order valence-electron chi connectivity index (χ4n) is 1.88. The molecule has 0 bridgehead atoms. The second-order valence-corrected chi connectivity index (χ2v) is 4.95. The van der Waals surface area contributed by atoms with E-state index in [0.29, 0.717) is 5.92 Å². The molecule has 19 heavy (non-hydrogen) atoms. The van der Waals surface area contributed by atoms with Crippen molar-refractivity contribution in [1.82, 2.24) is 0 Å². The van der Waals surface area contributed by atoms with Gasteiger partial charge in [0.05, 0.1) is 0 Å². The molecule has 1 aliphatic rings. The van der Waals surface area contributed by atoms with Crippen LogP contribution in [0.1, 0.15) is 38.3 Å². The van der Waals surface area contributed by atoms with Gasteiger partial charge < -0.3 is 15.2 Å². The number of alkyl halides is 2. The maximum Gasteiger partial charge on any atom is 0.586 e. The van der Waals surface area contributed by atoms with Crippen molar-refractivity contribution in [3.63, 3.8) is 0 Å². The van der Waals surface area contributed by atoms with E-state index >= 15 is 0 Å². The molecule has 2 N–H and O–H groups in total. The summed E-state index contributed by atoms with van der Waals surface area (Å²) < 4.78 is 34.4. The Morgan fingerprint density at radius 1 is 1.16 bits per heavy atom. The molecule has 1 aromatic rings. The van der Waals surface area contributed by atoms with Gasteiger partial charge in [0.1, 0.15) is 0 Å². The third-order valence-corrected chi connectivity index (χ3v) is 2.91. The summed E-state index contributed by atoms with van der Waals surface area (Å²) in [7, 11) is 0. The fourth-order valence-corrected chi connectivity index (χ4v) is 1.88. The molecule has 0 unspecified atom stereocenters. The molecule has 1 atom stereocenters. The SMILES string of the molecule is CC(C)CC[C@H](N)c1ccc2c(c1)OC(F)(F)O2.Cl. The Morgan fingerprint density at radius 3 is 2.42 bits per heavy atom. The second kappa shape index (κ2) is 5.92. The Morgan fingerprint density at radius 2 is 1.79 bits per heavy atom. The zero-order valence-electron chi connectivity index (χ0n) is 10.9. The summed E-state index contributed by atoms with van der Waals surface area (Å²) >= 11 is 0. The summed E-state index contributed by atoms with van der Waals surface area (Å²) in [5.41, 5.74) is 6.81. The van der Waals surface area contributed by atoms with E-state index in [9.17, 15) is 8.78 Å². The van der Waals surface area contributed by atoms with Crippen molar-refractivity contribution in [2.24, 2.45) is 11.7 Å². The molecule has 1 heterocycles. The van der Waals surface area contributed by atoms with Gasteiger partial charge >= 0.3 is 6.29 Å². The highest BCUT2D eigenvalue weighted by molar-refractivity contribution is 5.85. The number of nitrogens with two attached hydrogens (primary N) is 1. The summed E-state index contributed by atoms with van der Waals surface area (Å²) in [5, 5.41) is 0. The first kappa shape index (κ1) is 16.0. The predicted octanol–water partition coefficient (Wildman–Crippen LogP) is 3.87. The van der Waals surface area contributed by atoms with Gasteiger partial charge in [-0.15, -0.1) is 21.2 Å². The van der Waals surface area contributed by atoms with E-state index in [-0.39, 0.29) is 29.9 Å². The molecule has 0 aliphatic carbocycles. The molecule has 3 nitrogen and oxygen atoms in total. The fraction of sp³-hybridized carbons (Fsp3) is 0.538. The summed E-state index contributed by atoms with van der Waals surface area (Å²) in [5.74, 6) is 0.673. The van der Waals surface area contributed by atoms with Gasteiger partial charge in [0.2, 0.25) is 0 Å². The average Bonchev–Trinajstić information content (AvgIpc) is 2.58. The first-order valence-electron chi connectivity index (χ1n) is 6.03. The van der Waals surface area contributed by atoms with Crippen molar-refractivity contribution >= 4 is 12.4 Å². The Hall–Kier alpha value is -1.07. The van der Waals surface area contributed by atoms with Gasteiger partial charge in [-0.05, 0) is 36.5 Å². The van der Waals surface area contributed by atoms with Crippen molar-refractivity contribution in [2.45, 2.75) is 39.0 Å². The van der Waals surface area contributed by atoms with Gasteiger partial charge in [-0.1, -0.05) is 19.9 Å². The minimum Gasteiger partial charge on any atom is -0.395 e. The van der Waals surface area contributed by atoms with E-state index < -0.39 is 6.29 Å². The number of hydrogen-bond acceptors (Lipinski definition) is 3. The van der Waals surface area contributed by atoms with E-state index in [2.05, 4.69) is 23.3 Å². The topological polar surface area (TPSA) is 44.5 Å². The van der Waals surface area contributed by atoms with Crippen LogP contribution in [0, 0.1) is 5.92 Å². The standard InChI is InChI=1S/C13H17F2NO2.ClH/c1-8(2)3-5-10(16)9-4-6-11-12(7-9)18-13(14,15)17-11;/h4,6-8,10H,3,5,16H2,1-2H3;1H/t10-;/m0./s1. The van der Waals surface area contributed by atoms with Gasteiger partial charge in [0.15, 0.2) is 11.5 Å². The predicted molar refractivity (Wildman–Crippen MR) is 70.9 cm³/mol. The van der Waals surface area contributed by atoms with Crippen LogP contribution in [0.25, 0.3) is 0 Å².